The third-order valence-corrected chi connectivity index (χ3v) is 2.05. The molecular formula is C9H7ClF3. The molecule has 0 unspecified atom stereocenters. The molecule has 0 aliphatic heterocycles. The maximum Gasteiger partial charge on any atom is 0.416 e. The van der Waals surface area contributed by atoms with Crippen molar-refractivity contribution in [1.82, 2.24) is 0 Å². The summed E-state index contributed by atoms with van der Waals surface area (Å²) in [4.78, 5) is 0. The van der Waals surface area contributed by atoms with Crippen LogP contribution in [0.5, 0.6) is 0 Å². The lowest BCUT2D eigenvalue weighted by Crippen LogP contribution is -2.08. The molecule has 1 rings (SSSR count). The van der Waals surface area contributed by atoms with Crippen LogP contribution in [0.1, 0.15) is 18.1 Å². The molecule has 0 aliphatic carbocycles. The summed E-state index contributed by atoms with van der Waals surface area (Å²) in [5, 5.41) is 0.123. The van der Waals surface area contributed by atoms with Gasteiger partial charge in [-0.05, 0) is 30.2 Å². The minimum Gasteiger partial charge on any atom is -0.166 e. The first kappa shape index (κ1) is 10.4. The Morgan fingerprint density at radius 3 is 2.38 bits per heavy atom. The lowest BCUT2D eigenvalue weighted by atomic mass is 10.1. The van der Waals surface area contributed by atoms with Crippen molar-refractivity contribution < 1.29 is 13.2 Å². The predicted octanol–water partition coefficient (Wildman–Crippen LogP) is 3.72. The second-order valence-electron chi connectivity index (χ2n) is 2.55. The van der Waals surface area contributed by atoms with Crippen LogP contribution in [0.25, 0.3) is 0 Å². The molecule has 1 aromatic rings. The SMILES string of the molecule is CCc1c(Cl)c[c]cc1C(F)(F)F. The summed E-state index contributed by atoms with van der Waals surface area (Å²) in [5.41, 5.74) is -0.560. The fourth-order valence-corrected chi connectivity index (χ4v) is 1.41. The number of benzene rings is 1. The summed E-state index contributed by atoms with van der Waals surface area (Å²) in [6.45, 7) is 1.64. The molecule has 0 atom stereocenters. The molecule has 1 radical (unpaired) electrons. The van der Waals surface area contributed by atoms with Crippen LogP contribution in [-0.4, -0.2) is 0 Å². The fraction of sp³-hybridized carbons (Fsp3) is 0.333. The van der Waals surface area contributed by atoms with Gasteiger partial charge >= 0.3 is 6.18 Å². The Hall–Kier alpha value is -0.700. The Kier molecular flexibility index (Phi) is 2.86. The molecule has 0 saturated heterocycles. The highest BCUT2D eigenvalue weighted by Gasteiger charge is 2.33. The zero-order valence-electron chi connectivity index (χ0n) is 6.87. The summed E-state index contributed by atoms with van der Waals surface area (Å²) < 4.78 is 37.0. The van der Waals surface area contributed by atoms with Crippen molar-refractivity contribution >= 4 is 11.6 Å². The van der Waals surface area contributed by atoms with Gasteiger partial charge in [-0.1, -0.05) is 18.5 Å². The maximum atomic E-state index is 12.3. The van der Waals surface area contributed by atoms with Gasteiger partial charge in [0.1, 0.15) is 0 Å². The van der Waals surface area contributed by atoms with Crippen molar-refractivity contribution in [3.8, 4) is 0 Å². The zero-order valence-corrected chi connectivity index (χ0v) is 7.63. The van der Waals surface area contributed by atoms with E-state index >= 15 is 0 Å². The van der Waals surface area contributed by atoms with E-state index in [0.717, 1.165) is 6.07 Å². The number of alkyl halides is 3. The Bertz CT molecular complexity index is 304. The third-order valence-electron chi connectivity index (χ3n) is 1.71. The van der Waals surface area contributed by atoms with E-state index in [1.54, 1.807) is 6.92 Å². The quantitative estimate of drug-likeness (QED) is 0.658. The van der Waals surface area contributed by atoms with E-state index in [-0.39, 0.29) is 17.0 Å². The molecular weight excluding hydrogens is 201 g/mol. The standard InChI is InChI=1S/C9H7ClF3/c1-2-6-7(9(11,12)13)4-3-5-8(6)10/h4-5H,2H2,1H3. The molecule has 1 aromatic carbocycles. The molecule has 0 nitrogen and oxygen atoms in total. The van der Waals surface area contributed by atoms with Gasteiger partial charge in [0.25, 0.3) is 0 Å². The van der Waals surface area contributed by atoms with Crippen molar-refractivity contribution in [2.45, 2.75) is 19.5 Å². The van der Waals surface area contributed by atoms with Crippen LogP contribution < -0.4 is 0 Å². The number of hydrogen-bond acceptors (Lipinski definition) is 0. The average Bonchev–Trinajstić information content (AvgIpc) is 2.02. The molecule has 13 heavy (non-hydrogen) atoms. The van der Waals surface area contributed by atoms with Gasteiger partial charge in [0.05, 0.1) is 5.56 Å². The molecule has 0 heterocycles. The van der Waals surface area contributed by atoms with E-state index in [0.29, 0.717) is 0 Å². The molecule has 0 spiro atoms. The summed E-state index contributed by atoms with van der Waals surface area (Å²) in [7, 11) is 0. The Balaban J connectivity index is 3.29. The highest BCUT2D eigenvalue weighted by molar-refractivity contribution is 6.31. The Labute approximate surface area is 79.3 Å². The van der Waals surface area contributed by atoms with Gasteiger partial charge in [-0.25, -0.2) is 0 Å². The highest BCUT2D eigenvalue weighted by atomic mass is 35.5. The summed E-state index contributed by atoms with van der Waals surface area (Å²) in [6, 6.07) is 4.62. The van der Waals surface area contributed by atoms with Gasteiger partial charge in [-0.2, -0.15) is 13.2 Å². The highest BCUT2D eigenvalue weighted by Crippen LogP contribution is 2.34. The van der Waals surface area contributed by atoms with Gasteiger partial charge in [0, 0.05) is 5.02 Å². The van der Waals surface area contributed by atoms with Crippen LogP contribution in [0.3, 0.4) is 0 Å². The second kappa shape index (κ2) is 3.58. The largest absolute Gasteiger partial charge is 0.416 e. The first-order valence-electron chi connectivity index (χ1n) is 3.72. The molecule has 4 heteroatoms. The summed E-state index contributed by atoms with van der Waals surface area (Å²) in [6.07, 6.45) is -4.07. The molecule has 0 N–H and O–H groups in total. The van der Waals surface area contributed by atoms with E-state index in [1.807, 2.05) is 0 Å². The van der Waals surface area contributed by atoms with Crippen molar-refractivity contribution in [3.05, 3.63) is 34.3 Å². The van der Waals surface area contributed by atoms with E-state index in [1.165, 1.54) is 6.07 Å². The van der Waals surface area contributed by atoms with E-state index in [4.69, 9.17) is 11.6 Å². The van der Waals surface area contributed by atoms with Crippen LogP contribution in [0.4, 0.5) is 13.2 Å². The zero-order chi connectivity index (χ0) is 10.1. The van der Waals surface area contributed by atoms with Crippen LogP contribution >= 0.6 is 11.6 Å². The van der Waals surface area contributed by atoms with Gasteiger partial charge in [0.2, 0.25) is 0 Å². The number of hydrogen-bond donors (Lipinski definition) is 0. The number of halogens is 4. The Morgan fingerprint density at radius 2 is 2.00 bits per heavy atom. The van der Waals surface area contributed by atoms with Crippen LogP contribution in [0.15, 0.2) is 12.1 Å². The lowest BCUT2D eigenvalue weighted by Gasteiger charge is -2.12. The molecule has 0 saturated carbocycles. The van der Waals surface area contributed by atoms with Crippen molar-refractivity contribution in [2.24, 2.45) is 0 Å². The average molecular weight is 208 g/mol. The topological polar surface area (TPSA) is 0 Å². The fourth-order valence-electron chi connectivity index (χ4n) is 1.11. The van der Waals surface area contributed by atoms with Crippen molar-refractivity contribution in [2.75, 3.05) is 0 Å². The molecule has 0 bridgehead atoms. The minimum atomic E-state index is -4.34. The van der Waals surface area contributed by atoms with Gasteiger partial charge < -0.3 is 0 Å². The van der Waals surface area contributed by atoms with Crippen LogP contribution in [-0.2, 0) is 12.6 Å². The summed E-state index contributed by atoms with van der Waals surface area (Å²) >= 11 is 5.60. The molecule has 0 fully saturated rings. The lowest BCUT2D eigenvalue weighted by molar-refractivity contribution is -0.138. The molecule has 0 amide bonds. The summed E-state index contributed by atoms with van der Waals surface area (Å²) in [5.74, 6) is 0. The number of rotatable bonds is 1. The smallest absolute Gasteiger partial charge is 0.166 e. The predicted molar refractivity (Wildman–Crippen MR) is 44.7 cm³/mol. The molecule has 0 aromatic heterocycles. The Morgan fingerprint density at radius 1 is 1.38 bits per heavy atom. The van der Waals surface area contributed by atoms with E-state index < -0.39 is 11.7 Å². The van der Waals surface area contributed by atoms with Gasteiger partial charge in [-0.3, -0.25) is 0 Å². The first-order chi connectivity index (χ1) is 5.96. The maximum absolute atomic E-state index is 12.3. The monoisotopic (exact) mass is 207 g/mol. The molecule has 71 valence electrons. The first-order valence-corrected chi connectivity index (χ1v) is 4.10. The van der Waals surface area contributed by atoms with Gasteiger partial charge in [0.15, 0.2) is 0 Å². The molecule has 0 aliphatic rings. The third kappa shape index (κ3) is 2.15. The second-order valence-corrected chi connectivity index (χ2v) is 2.95. The van der Waals surface area contributed by atoms with E-state index in [9.17, 15) is 13.2 Å². The minimum absolute atomic E-state index is 0.123. The van der Waals surface area contributed by atoms with Crippen molar-refractivity contribution in [1.29, 1.82) is 0 Å². The normalized spacial score (nSPS) is 11.8. The van der Waals surface area contributed by atoms with Crippen LogP contribution in [0, 0.1) is 6.07 Å². The van der Waals surface area contributed by atoms with Gasteiger partial charge in [-0.15, -0.1) is 0 Å². The van der Waals surface area contributed by atoms with Crippen molar-refractivity contribution in [3.63, 3.8) is 0 Å². The van der Waals surface area contributed by atoms with Crippen LogP contribution in [0.2, 0.25) is 5.02 Å². The van der Waals surface area contributed by atoms with E-state index in [2.05, 4.69) is 6.07 Å².